The lowest BCUT2D eigenvalue weighted by Gasteiger charge is -2.20. The fourth-order valence-corrected chi connectivity index (χ4v) is 2.66. The van der Waals surface area contributed by atoms with E-state index in [-0.39, 0.29) is 0 Å². The molecule has 0 aliphatic rings. The molecule has 0 aliphatic heterocycles. The minimum Gasteiger partial charge on any atom is -0.333 e. The Labute approximate surface area is 128 Å². The summed E-state index contributed by atoms with van der Waals surface area (Å²) in [6.45, 7) is 10.5. The van der Waals surface area contributed by atoms with Crippen LogP contribution in [0.25, 0.3) is 0 Å². The average Bonchev–Trinajstić information content (AvgIpc) is 2.80. The zero-order valence-corrected chi connectivity index (χ0v) is 13.7. The van der Waals surface area contributed by atoms with Crippen molar-refractivity contribution in [1.82, 2.24) is 14.9 Å². The normalized spacial score (nSPS) is 12.6. The van der Waals surface area contributed by atoms with E-state index in [4.69, 9.17) is 0 Å². The summed E-state index contributed by atoms with van der Waals surface area (Å²) in [6, 6.07) is 9.37. The number of likely N-dealkylation sites (N-methyl/N-ethyl adjacent to an activating group) is 1. The molecule has 0 aliphatic carbocycles. The van der Waals surface area contributed by atoms with Crippen molar-refractivity contribution in [3.05, 3.63) is 53.1 Å². The minimum absolute atomic E-state index is 0.331. The predicted molar refractivity (Wildman–Crippen MR) is 88.6 cm³/mol. The van der Waals surface area contributed by atoms with Crippen LogP contribution in [0.5, 0.6) is 0 Å². The van der Waals surface area contributed by atoms with E-state index in [2.05, 4.69) is 66.8 Å². The molecule has 2 rings (SSSR count). The second-order valence-electron chi connectivity index (χ2n) is 5.67. The number of nitrogens with zero attached hydrogens (tertiary/aromatic N) is 2. The molecule has 1 heterocycles. The van der Waals surface area contributed by atoms with Crippen molar-refractivity contribution in [2.45, 2.75) is 53.1 Å². The van der Waals surface area contributed by atoms with E-state index in [0.29, 0.717) is 6.04 Å². The first-order valence-electron chi connectivity index (χ1n) is 7.96. The Morgan fingerprint density at radius 2 is 1.86 bits per heavy atom. The Morgan fingerprint density at radius 3 is 2.38 bits per heavy atom. The van der Waals surface area contributed by atoms with E-state index in [9.17, 15) is 0 Å². The molecule has 114 valence electrons. The molecular weight excluding hydrogens is 258 g/mol. The topological polar surface area (TPSA) is 29.9 Å². The largest absolute Gasteiger partial charge is 0.333 e. The summed E-state index contributed by atoms with van der Waals surface area (Å²) >= 11 is 0. The van der Waals surface area contributed by atoms with Crippen molar-refractivity contribution in [1.29, 1.82) is 0 Å². The lowest BCUT2D eigenvalue weighted by Crippen LogP contribution is -2.25. The van der Waals surface area contributed by atoms with Crippen LogP contribution in [-0.4, -0.2) is 16.1 Å². The van der Waals surface area contributed by atoms with E-state index in [1.165, 1.54) is 23.2 Å². The van der Waals surface area contributed by atoms with E-state index >= 15 is 0 Å². The molecule has 1 N–H and O–H groups in total. The quantitative estimate of drug-likeness (QED) is 0.838. The summed E-state index contributed by atoms with van der Waals surface area (Å²) in [7, 11) is 0. The number of aryl methyl sites for hydroxylation is 2. The Bertz CT molecular complexity index is 554. The molecule has 0 fully saturated rings. The van der Waals surface area contributed by atoms with Gasteiger partial charge < -0.3 is 9.88 Å². The molecular formula is C18H27N3. The molecule has 0 spiro atoms. The zero-order valence-electron chi connectivity index (χ0n) is 13.7. The van der Waals surface area contributed by atoms with Crippen LogP contribution in [-0.2, 0) is 13.0 Å². The smallest absolute Gasteiger partial charge is 0.0952 e. The van der Waals surface area contributed by atoms with Crippen molar-refractivity contribution in [2.24, 2.45) is 0 Å². The van der Waals surface area contributed by atoms with Gasteiger partial charge in [-0.3, -0.25) is 0 Å². The molecule has 21 heavy (non-hydrogen) atoms. The summed E-state index contributed by atoms with van der Waals surface area (Å²) in [4.78, 5) is 4.40. The molecule has 0 saturated heterocycles. The molecule has 3 nitrogen and oxygen atoms in total. The summed E-state index contributed by atoms with van der Waals surface area (Å²) in [5.74, 6) is 0. The molecule has 1 unspecified atom stereocenters. The third-order valence-corrected chi connectivity index (χ3v) is 4.10. The maximum atomic E-state index is 4.40. The van der Waals surface area contributed by atoms with Crippen molar-refractivity contribution >= 4 is 0 Å². The second kappa shape index (κ2) is 7.41. The molecule has 3 heteroatoms. The Balaban J connectivity index is 2.16. The van der Waals surface area contributed by atoms with Gasteiger partial charge in [0.15, 0.2) is 0 Å². The summed E-state index contributed by atoms with van der Waals surface area (Å²) in [5.41, 5.74) is 5.14. The Kier molecular flexibility index (Phi) is 5.57. The standard InChI is InChI=1S/C18H27N3/c1-5-7-16-8-10-17(11-9-16)18(19-6-2)12-21-13-20-14(3)15(21)4/h8-11,13,18-19H,5-7,12H2,1-4H3. The first-order valence-corrected chi connectivity index (χ1v) is 7.96. The number of hydrogen-bond acceptors (Lipinski definition) is 2. The molecule has 1 aromatic carbocycles. The second-order valence-corrected chi connectivity index (χ2v) is 5.67. The first kappa shape index (κ1) is 15.8. The molecule has 0 bridgehead atoms. The number of rotatable bonds is 7. The van der Waals surface area contributed by atoms with Crippen molar-refractivity contribution in [3.8, 4) is 0 Å². The highest BCUT2D eigenvalue weighted by molar-refractivity contribution is 5.25. The third-order valence-electron chi connectivity index (χ3n) is 4.10. The van der Waals surface area contributed by atoms with Gasteiger partial charge in [0, 0.05) is 12.2 Å². The fraction of sp³-hybridized carbons (Fsp3) is 0.500. The van der Waals surface area contributed by atoms with Gasteiger partial charge in [0.25, 0.3) is 0 Å². The van der Waals surface area contributed by atoms with E-state index in [1.807, 2.05) is 6.33 Å². The van der Waals surface area contributed by atoms with Gasteiger partial charge in [0.05, 0.1) is 18.1 Å². The molecule has 0 radical (unpaired) electrons. The lowest BCUT2D eigenvalue weighted by molar-refractivity contribution is 0.469. The monoisotopic (exact) mass is 285 g/mol. The average molecular weight is 285 g/mol. The number of hydrogen-bond donors (Lipinski definition) is 1. The molecule has 2 aromatic rings. The fourth-order valence-electron chi connectivity index (χ4n) is 2.66. The van der Waals surface area contributed by atoms with Gasteiger partial charge in [-0.2, -0.15) is 0 Å². The number of imidazole rings is 1. The van der Waals surface area contributed by atoms with Gasteiger partial charge >= 0.3 is 0 Å². The van der Waals surface area contributed by atoms with Gasteiger partial charge in [0.1, 0.15) is 0 Å². The van der Waals surface area contributed by atoms with E-state index in [1.54, 1.807) is 0 Å². The molecule has 1 aromatic heterocycles. The Morgan fingerprint density at radius 1 is 1.14 bits per heavy atom. The number of benzene rings is 1. The van der Waals surface area contributed by atoms with Crippen LogP contribution in [0.2, 0.25) is 0 Å². The molecule has 1 atom stereocenters. The SMILES string of the molecule is CCCc1ccc(C(Cn2cnc(C)c2C)NCC)cc1. The molecule has 0 amide bonds. The van der Waals surface area contributed by atoms with Gasteiger partial charge in [0.2, 0.25) is 0 Å². The highest BCUT2D eigenvalue weighted by Crippen LogP contribution is 2.18. The van der Waals surface area contributed by atoms with Crippen LogP contribution in [0.4, 0.5) is 0 Å². The predicted octanol–water partition coefficient (Wildman–Crippen LogP) is 3.80. The van der Waals surface area contributed by atoms with Crippen LogP contribution in [0.1, 0.15) is 48.8 Å². The van der Waals surface area contributed by atoms with Gasteiger partial charge in [-0.1, -0.05) is 44.5 Å². The van der Waals surface area contributed by atoms with E-state index < -0.39 is 0 Å². The Hall–Kier alpha value is -1.61. The number of aromatic nitrogens is 2. The summed E-state index contributed by atoms with van der Waals surface area (Å²) in [6.07, 6.45) is 4.30. The van der Waals surface area contributed by atoms with E-state index in [0.717, 1.165) is 25.2 Å². The van der Waals surface area contributed by atoms with Crippen LogP contribution >= 0.6 is 0 Å². The van der Waals surface area contributed by atoms with Crippen molar-refractivity contribution in [2.75, 3.05) is 6.54 Å². The maximum absolute atomic E-state index is 4.40. The van der Waals surface area contributed by atoms with Crippen molar-refractivity contribution < 1.29 is 0 Å². The minimum atomic E-state index is 0.331. The molecule has 0 saturated carbocycles. The maximum Gasteiger partial charge on any atom is 0.0952 e. The number of nitrogens with one attached hydrogen (secondary N) is 1. The zero-order chi connectivity index (χ0) is 15.2. The summed E-state index contributed by atoms with van der Waals surface area (Å²) in [5, 5.41) is 3.59. The third kappa shape index (κ3) is 3.94. The van der Waals surface area contributed by atoms with Gasteiger partial charge in [-0.25, -0.2) is 4.98 Å². The van der Waals surface area contributed by atoms with Gasteiger partial charge in [-0.05, 0) is 37.9 Å². The van der Waals surface area contributed by atoms with Crippen LogP contribution in [0.15, 0.2) is 30.6 Å². The highest BCUT2D eigenvalue weighted by Gasteiger charge is 2.13. The van der Waals surface area contributed by atoms with Crippen LogP contribution in [0, 0.1) is 13.8 Å². The summed E-state index contributed by atoms with van der Waals surface area (Å²) < 4.78 is 2.24. The van der Waals surface area contributed by atoms with Crippen LogP contribution < -0.4 is 5.32 Å². The van der Waals surface area contributed by atoms with Crippen molar-refractivity contribution in [3.63, 3.8) is 0 Å². The highest BCUT2D eigenvalue weighted by atomic mass is 15.1. The first-order chi connectivity index (χ1) is 10.2. The van der Waals surface area contributed by atoms with Crippen LogP contribution in [0.3, 0.4) is 0 Å². The van der Waals surface area contributed by atoms with Gasteiger partial charge in [-0.15, -0.1) is 0 Å². The lowest BCUT2D eigenvalue weighted by atomic mass is 10.0.